The molecule has 2 heterocycles. The third-order valence-electron chi connectivity index (χ3n) is 6.06. The average Bonchev–Trinajstić information content (AvgIpc) is 3.01. The van der Waals surface area contributed by atoms with E-state index in [-0.39, 0.29) is 17.6 Å². The smallest absolute Gasteiger partial charge is 0.387 e. The predicted octanol–water partition coefficient (Wildman–Crippen LogP) is 3.70. The van der Waals surface area contributed by atoms with Crippen molar-refractivity contribution in [2.45, 2.75) is 64.6 Å². The lowest BCUT2D eigenvalue weighted by molar-refractivity contribution is -0.0495. The summed E-state index contributed by atoms with van der Waals surface area (Å²) in [5.41, 5.74) is 13.8. The zero-order valence-corrected chi connectivity index (χ0v) is 19.0. The summed E-state index contributed by atoms with van der Waals surface area (Å²) in [6.45, 7) is 4.72. The molecule has 3 rings (SSSR count). The van der Waals surface area contributed by atoms with Crippen LogP contribution in [0.15, 0.2) is 23.3 Å². The van der Waals surface area contributed by atoms with E-state index in [0.717, 1.165) is 57.7 Å². The first kappa shape index (κ1) is 24.4. The number of pyridine rings is 1. The summed E-state index contributed by atoms with van der Waals surface area (Å²) in [6, 6.07) is 2.10. The molecule has 4 N–H and O–H groups in total. The lowest BCUT2D eigenvalue weighted by atomic mass is 9.93. The van der Waals surface area contributed by atoms with Crippen LogP contribution in [0, 0.1) is 5.92 Å². The first-order valence-corrected chi connectivity index (χ1v) is 11.4. The Balaban J connectivity index is 1.77. The molecule has 7 nitrogen and oxygen atoms in total. The van der Waals surface area contributed by atoms with Crippen molar-refractivity contribution in [1.82, 2.24) is 9.88 Å². The molecule has 1 aromatic heterocycles. The van der Waals surface area contributed by atoms with Crippen LogP contribution in [-0.4, -0.2) is 60.6 Å². The van der Waals surface area contributed by atoms with Gasteiger partial charge in [0.2, 0.25) is 0 Å². The molecule has 0 spiro atoms. The fraction of sp³-hybridized carbons (Fsp3) is 0.652. The van der Waals surface area contributed by atoms with Crippen LogP contribution < -0.4 is 16.2 Å². The minimum absolute atomic E-state index is 0.101. The highest BCUT2D eigenvalue weighted by Gasteiger charge is 2.27. The minimum Gasteiger partial charge on any atom is -0.431 e. The van der Waals surface area contributed by atoms with Crippen molar-refractivity contribution < 1.29 is 18.3 Å². The predicted molar refractivity (Wildman–Crippen MR) is 123 cm³/mol. The van der Waals surface area contributed by atoms with Gasteiger partial charge < -0.3 is 20.9 Å². The number of hydrogen-bond acceptors (Lipinski definition) is 7. The molecular formula is C23H35F2N5O2. The molecule has 0 aromatic carbocycles. The Morgan fingerprint density at radius 3 is 2.69 bits per heavy atom. The molecule has 9 heteroatoms. The van der Waals surface area contributed by atoms with Gasteiger partial charge in [-0.2, -0.15) is 8.78 Å². The molecule has 1 aliphatic heterocycles. The number of aliphatic imine (C=N–C) groups is 1. The first-order valence-electron chi connectivity index (χ1n) is 11.4. The highest BCUT2D eigenvalue weighted by Crippen LogP contribution is 2.30. The number of nitrogens with zero attached hydrogens (tertiary/aromatic N) is 3. The van der Waals surface area contributed by atoms with Crippen molar-refractivity contribution in [1.29, 1.82) is 0 Å². The maximum Gasteiger partial charge on any atom is 0.387 e. The highest BCUT2D eigenvalue weighted by molar-refractivity contribution is 6.02. The van der Waals surface area contributed by atoms with Crippen LogP contribution in [-0.2, 0) is 4.74 Å². The van der Waals surface area contributed by atoms with Crippen molar-refractivity contribution in [2.24, 2.45) is 16.6 Å². The van der Waals surface area contributed by atoms with E-state index in [0.29, 0.717) is 23.2 Å². The normalized spacial score (nSPS) is 24.1. The molecule has 2 atom stereocenters. The fourth-order valence-electron chi connectivity index (χ4n) is 4.49. The molecule has 1 aromatic rings. The van der Waals surface area contributed by atoms with E-state index >= 15 is 0 Å². The van der Waals surface area contributed by atoms with Crippen molar-refractivity contribution in [3.05, 3.63) is 23.9 Å². The molecule has 1 saturated carbocycles. The Labute approximate surface area is 188 Å². The number of allylic oxidation sites excluding steroid dienone is 1. The molecule has 0 amide bonds. The number of nitrogen functional groups attached to an aromatic ring is 1. The minimum atomic E-state index is -2.98. The molecule has 0 radical (unpaired) electrons. The number of halogens is 2. The first-order chi connectivity index (χ1) is 15.3. The molecular weight excluding hydrogens is 416 g/mol. The third-order valence-corrected chi connectivity index (χ3v) is 6.06. The summed E-state index contributed by atoms with van der Waals surface area (Å²) in [6.07, 6.45) is 8.85. The van der Waals surface area contributed by atoms with Crippen LogP contribution in [0.25, 0.3) is 5.70 Å². The molecule has 2 unspecified atom stereocenters. The third kappa shape index (κ3) is 6.87. The molecule has 178 valence electrons. The van der Waals surface area contributed by atoms with Crippen molar-refractivity contribution in [2.75, 3.05) is 32.0 Å². The fourth-order valence-corrected chi connectivity index (χ4v) is 4.49. The van der Waals surface area contributed by atoms with Gasteiger partial charge >= 0.3 is 6.61 Å². The van der Waals surface area contributed by atoms with E-state index in [1.54, 1.807) is 0 Å². The van der Waals surface area contributed by atoms with Crippen LogP contribution in [0.4, 0.5) is 14.6 Å². The van der Waals surface area contributed by atoms with Gasteiger partial charge in [-0.15, -0.1) is 0 Å². The van der Waals surface area contributed by atoms with E-state index in [4.69, 9.17) is 21.2 Å². The largest absolute Gasteiger partial charge is 0.431 e. The number of hydrogen-bond donors (Lipinski definition) is 2. The van der Waals surface area contributed by atoms with Gasteiger partial charge in [0.25, 0.3) is 0 Å². The summed E-state index contributed by atoms with van der Waals surface area (Å²) in [5, 5.41) is 0. The Hall–Kier alpha value is -2.26. The topological polar surface area (TPSA) is 99.0 Å². The number of nitrogens with two attached hydrogens (primary N) is 2. The van der Waals surface area contributed by atoms with Gasteiger partial charge in [-0.25, -0.2) is 4.98 Å². The quantitative estimate of drug-likeness (QED) is 0.485. The standard InChI is InChI=1S/C23H35F2N5O2/c1-15(2)29-20(13-19(26)17-12-21(32-23(24)25)22(27)28-14-17)16-4-3-5-18(7-6-16)30-8-10-31-11-9-30/h12-16,18,23H,3-11,26H2,1-2H3,(H2,27,28). The second-order valence-corrected chi connectivity index (χ2v) is 8.74. The van der Waals surface area contributed by atoms with Crippen LogP contribution in [0.5, 0.6) is 5.75 Å². The van der Waals surface area contributed by atoms with E-state index in [1.807, 2.05) is 19.9 Å². The van der Waals surface area contributed by atoms with Crippen LogP contribution in [0.2, 0.25) is 0 Å². The van der Waals surface area contributed by atoms with E-state index in [2.05, 4.69) is 14.6 Å². The Bertz CT molecular complexity index is 810. The Morgan fingerprint density at radius 2 is 2.00 bits per heavy atom. The number of alkyl halides is 2. The maximum atomic E-state index is 12.7. The maximum absolute atomic E-state index is 12.7. The summed E-state index contributed by atoms with van der Waals surface area (Å²) < 4.78 is 35.3. The lowest BCUT2D eigenvalue weighted by Crippen LogP contribution is -2.43. The van der Waals surface area contributed by atoms with Crippen molar-refractivity contribution in [3.8, 4) is 5.75 Å². The van der Waals surface area contributed by atoms with E-state index in [9.17, 15) is 8.78 Å². The Kier molecular flexibility index (Phi) is 8.81. The van der Waals surface area contributed by atoms with Gasteiger partial charge in [0.05, 0.1) is 13.2 Å². The molecule has 0 bridgehead atoms. The van der Waals surface area contributed by atoms with Crippen molar-refractivity contribution >= 4 is 17.2 Å². The van der Waals surface area contributed by atoms with Gasteiger partial charge in [0.1, 0.15) is 0 Å². The summed E-state index contributed by atoms with van der Waals surface area (Å²) >= 11 is 0. The number of rotatable bonds is 7. The number of morpholine rings is 1. The average molecular weight is 452 g/mol. The molecule has 1 aliphatic carbocycles. The van der Waals surface area contributed by atoms with Crippen LogP contribution in [0.3, 0.4) is 0 Å². The Morgan fingerprint density at radius 1 is 1.25 bits per heavy atom. The van der Waals surface area contributed by atoms with Gasteiger partial charge in [-0.1, -0.05) is 6.42 Å². The van der Waals surface area contributed by atoms with Crippen LogP contribution >= 0.6 is 0 Å². The highest BCUT2D eigenvalue weighted by atomic mass is 19.3. The second-order valence-electron chi connectivity index (χ2n) is 8.74. The monoisotopic (exact) mass is 451 g/mol. The summed E-state index contributed by atoms with van der Waals surface area (Å²) in [5.74, 6) is 0.0235. The molecule has 2 fully saturated rings. The zero-order chi connectivity index (χ0) is 23.1. The van der Waals surface area contributed by atoms with Crippen molar-refractivity contribution in [3.63, 3.8) is 0 Å². The molecule has 2 aliphatic rings. The molecule has 32 heavy (non-hydrogen) atoms. The number of aromatic nitrogens is 1. The van der Waals surface area contributed by atoms with E-state index < -0.39 is 6.61 Å². The second kappa shape index (κ2) is 11.6. The van der Waals surface area contributed by atoms with Gasteiger partial charge in [-0.3, -0.25) is 9.89 Å². The molecule has 1 saturated heterocycles. The summed E-state index contributed by atoms with van der Waals surface area (Å²) in [7, 11) is 0. The van der Waals surface area contributed by atoms with Gasteiger partial charge in [0.15, 0.2) is 11.6 Å². The van der Waals surface area contributed by atoms with Gasteiger partial charge in [0, 0.05) is 54.3 Å². The lowest BCUT2D eigenvalue weighted by Gasteiger charge is -2.34. The number of ether oxygens (including phenoxy) is 2. The number of anilines is 1. The SMILES string of the molecule is CC(C)N=C(C=C(N)c1cnc(N)c(OC(F)F)c1)C1CCCC(N2CCOCC2)CC1. The zero-order valence-electron chi connectivity index (χ0n) is 19.0. The van der Waals surface area contributed by atoms with Gasteiger partial charge in [-0.05, 0) is 51.7 Å². The van der Waals surface area contributed by atoms with Crippen LogP contribution in [0.1, 0.15) is 51.5 Å². The summed E-state index contributed by atoms with van der Waals surface area (Å²) in [4.78, 5) is 11.4. The van der Waals surface area contributed by atoms with E-state index in [1.165, 1.54) is 18.7 Å².